The van der Waals surface area contributed by atoms with Crippen LogP contribution in [-0.2, 0) is 9.53 Å². The number of carbonyl (C=O) groups excluding carboxylic acids is 1. The molecule has 0 saturated heterocycles. The van der Waals surface area contributed by atoms with Crippen molar-refractivity contribution in [1.29, 1.82) is 0 Å². The quantitative estimate of drug-likeness (QED) is 0.697. The fraction of sp³-hybridized carbons (Fsp3) is 0.524. The molecule has 1 heterocycles. The average molecular weight is 424 g/mol. The van der Waals surface area contributed by atoms with E-state index in [1.54, 1.807) is 0 Å². The van der Waals surface area contributed by atoms with Crippen LogP contribution in [0.4, 0.5) is 5.13 Å². The smallest absolute Gasteiger partial charge is 0.246 e. The lowest BCUT2D eigenvalue weighted by molar-refractivity contribution is -0.166. The number of nitrogens with zero attached hydrogens (tertiary/aromatic N) is 1. The van der Waals surface area contributed by atoms with Gasteiger partial charge < -0.3 is 15.8 Å². The van der Waals surface area contributed by atoms with Crippen LogP contribution in [0.25, 0.3) is 11.3 Å². The van der Waals surface area contributed by atoms with Gasteiger partial charge in [-0.2, -0.15) is 0 Å². The van der Waals surface area contributed by atoms with Crippen molar-refractivity contribution in [2.45, 2.75) is 58.6 Å². The van der Waals surface area contributed by atoms with E-state index < -0.39 is 11.0 Å². The number of thiazole rings is 1. The number of rotatable bonds is 6. The molecular weight excluding hydrogens is 394 g/mol. The lowest BCUT2D eigenvalue weighted by Crippen LogP contribution is -2.74. The van der Waals surface area contributed by atoms with Crippen molar-refractivity contribution in [2.24, 2.45) is 11.1 Å². The van der Waals surface area contributed by atoms with Gasteiger partial charge in [-0.3, -0.25) is 4.79 Å². The van der Waals surface area contributed by atoms with E-state index in [0.29, 0.717) is 24.1 Å². The van der Waals surface area contributed by atoms with Crippen LogP contribution in [0.5, 0.6) is 0 Å². The van der Waals surface area contributed by atoms with Crippen LogP contribution < -0.4 is 11.1 Å². The third-order valence-corrected chi connectivity index (χ3v) is 6.95. The van der Waals surface area contributed by atoms with Crippen molar-refractivity contribution in [3.8, 4) is 11.3 Å². The van der Waals surface area contributed by atoms with Gasteiger partial charge in [0.15, 0.2) is 5.13 Å². The molecule has 3 N–H and O–H groups in total. The molecule has 28 heavy (non-hydrogen) atoms. The molecule has 1 saturated carbocycles. The number of hydrogen-bond acceptors (Lipinski definition) is 5. The zero-order valence-corrected chi connectivity index (χ0v) is 18.7. The van der Waals surface area contributed by atoms with Gasteiger partial charge in [0, 0.05) is 28.9 Å². The summed E-state index contributed by atoms with van der Waals surface area (Å²) in [4.78, 5) is 18.9. The minimum atomic E-state index is -0.955. The van der Waals surface area contributed by atoms with Gasteiger partial charge in [0.1, 0.15) is 5.54 Å². The van der Waals surface area contributed by atoms with Crippen LogP contribution in [0.15, 0.2) is 30.3 Å². The molecular formula is C21H30ClN3O2S. The zero-order chi connectivity index (χ0) is 19.8. The Bertz CT molecular complexity index is 822. The van der Waals surface area contributed by atoms with E-state index in [0.717, 1.165) is 16.1 Å². The number of anilines is 1. The number of benzene rings is 1. The van der Waals surface area contributed by atoms with Crippen molar-refractivity contribution in [1.82, 2.24) is 4.98 Å². The Kier molecular flexibility index (Phi) is 6.92. The molecule has 1 fully saturated rings. The van der Waals surface area contributed by atoms with Crippen LogP contribution in [-0.4, -0.2) is 29.1 Å². The van der Waals surface area contributed by atoms with Gasteiger partial charge in [-0.25, -0.2) is 4.98 Å². The molecule has 2 unspecified atom stereocenters. The van der Waals surface area contributed by atoms with Gasteiger partial charge in [-0.05, 0) is 12.8 Å². The van der Waals surface area contributed by atoms with Crippen LogP contribution >= 0.6 is 23.7 Å². The lowest BCUT2D eigenvalue weighted by Gasteiger charge is -2.57. The Labute approximate surface area is 177 Å². The molecule has 2 atom stereocenters. The van der Waals surface area contributed by atoms with Crippen molar-refractivity contribution in [3.05, 3.63) is 35.2 Å². The van der Waals surface area contributed by atoms with Gasteiger partial charge >= 0.3 is 0 Å². The minimum absolute atomic E-state index is 0. The highest BCUT2D eigenvalue weighted by molar-refractivity contribution is 7.16. The number of nitrogens with one attached hydrogen (secondary N) is 1. The maximum absolute atomic E-state index is 13.0. The summed E-state index contributed by atoms with van der Waals surface area (Å²) in [6, 6.07) is 10.1. The number of amides is 1. The SMILES string of the molecule is CCOC1CC(N)(C(=O)Nc2nc(-c3ccccc3)c(C(C)C)s2)C1(C)C.Cl. The summed E-state index contributed by atoms with van der Waals surface area (Å²) in [7, 11) is 0. The number of ether oxygens (including phenoxy) is 1. The molecule has 0 aliphatic heterocycles. The first-order valence-corrected chi connectivity index (χ1v) is 10.3. The van der Waals surface area contributed by atoms with Gasteiger partial charge in [-0.15, -0.1) is 23.7 Å². The summed E-state index contributed by atoms with van der Waals surface area (Å²) < 4.78 is 5.73. The Morgan fingerprint density at radius 2 is 2.00 bits per heavy atom. The summed E-state index contributed by atoms with van der Waals surface area (Å²) in [6.07, 6.45) is 0.522. The normalized spacial score (nSPS) is 23.0. The first-order chi connectivity index (χ1) is 12.7. The maximum atomic E-state index is 13.0. The molecule has 5 nitrogen and oxygen atoms in total. The number of hydrogen-bond donors (Lipinski definition) is 2. The van der Waals surface area contributed by atoms with E-state index >= 15 is 0 Å². The van der Waals surface area contributed by atoms with Crippen molar-refractivity contribution in [3.63, 3.8) is 0 Å². The fourth-order valence-corrected chi connectivity index (χ4v) is 4.59. The third kappa shape index (κ3) is 3.83. The molecule has 1 aromatic carbocycles. The second-order valence-electron chi connectivity index (χ2n) is 8.05. The van der Waals surface area contributed by atoms with E-state index in [9.17, 15) is 4.79 Å². The summed E-state index contributed by atoms with van der Waals surface area (Å²) in [5.41, 5.74) is 7.10. The van der Waals surface area contributed by atoms with Gasteiger partial charge in [0.25, 0.3) is 0 Å². The summed E-state index contributed by atoms with van der Waals surface area (Å²) in [5.74, 6) is 0.129. The molecule has 1 aliphatic rings. The van der Waals surface area contributed by atoms with Crippen LogP contribution in [0, 0.1) is 5.41 Å². The van der Waals surface area contributed by atoms with E-state index in [4.69, 9.17) is 15.5 Å². The molecule has 1 aromatic heterocycles. The second-order valence-corrected chi connectivity index (χ2v) is 9.08. The summed E-state index contributed by atoms with van der Waals surface area (Å²) in [5, 5.41) is 3.58. The number of carbonyl (C=O) groups is 1. The Morgan fingerprint density at radius 3 is 2.54 bits per heavy atom. The predicted octanol–water partition coefficient (Wildman–Crippen LogP) is 4.83. The standard InChI is InChI=1S/C21H29N3O2S.ClH/c1-6-26-15-12-21(22,20(15,4)5)18(25)24-19-23-16(17(27-19)13(2)3)14-10-8-7-9-11-14;/h7-11,13,15H,6,12,22H2,1-5H3,(H,23,24,25);1H. The molecule has 7 heteroatoms. The van der Waals surface area contributed by atoms with E-state index in [2.05, 4.69) is 19.2 Å². The Balaban J connectivity index is 0.00000280. The van der Waals surface area contributed by atoms with E-state index in [1.165, 1.54) is 11.3 Å². The van der Waals surface area contributed by atoms with Crippen LogP contribution in [0.1, 0.15) is 51.8 Å². The minimum Gasteiger partial charge on any atom is -0.378 e. The van der Waals surface area contributed by atoms with Crippen molar-refractivity contribution in [2.75, 3.05) is 11.9 Å². The monoisotopic (exact) mass is 423 g/mol. The van der Waals surface area contributed by atoms with Gasteiger partial charge in [0.2, 0.25) is 5.91 Å². The van der Waals surface area contributed by atoms with Crippen LogP contribution in [0.2, 0.25) is 0 Å². The second kappa shape index (κ2) is 8.49. The number of halogens is 1. The van der Waals surface area contributed by atoms with Crippen molar-refractivity contribution >= 4 is 34.8 Å². The molecule has 1 aliphatic carbocycles. The largest absolute Gasteiger partial charge is 0.378 e. The van der Waals surface area contributed by atoms with Gasteiger partial charge in [-0.1, -0.05) is 58.0 Å². The van der Waals surface area contributed by atoms with E-state index in [1.807, 2.05) is 51.1 Å². The maximum Gasteiger partial charge on any atom is 0.246 e. The number of aromatic nitrogens is 1. The zero-order valence-electron chi connectivity index (χ0n) is 17.1. The van der Waals surface area contributed by atoms with Crippen molar-refractivity contribution < 1.29 is 9.53 Å². The molecule has 0 radical (unpaired) electrons. The number of nitrogens with two attached hydrogens (primary N) is 1. The van der Waals surface area contributed by atoms with Gasteiger partial charge in [0.05, 0.1) is 11.8 Å². The molecule has 154 valence electrons. The first-order valence-electron chi connectivity index (χ1n) is 9.48. The third-order valence-electron chi connectivity index (χ3n) is 5.68. The fourth-order valence-electron chi connectivity index (χ4n) is 3.61. The van der Waals surface area contributed by atoms with E-state index in [-0.39, 0.29) is 24.4 Å². The molecule has 0 spiro atoms. The first kappa shape index (κ1) is 22.8. The predicted molar refractivity (Wildman–Crippen MR) is 118 cm³/mol. The highest BCUT2D eigenvalue weighted by Gasteiger charge is 2.63. The molecule has 1 amide bonds. The lowest BCUT2D eigenvalue weighted by atomic mass is 9.54. The Morgan fingerprint density at radius 1 is 1.36 bits per heavy atom. The molecule has 0 bridgehead atoms. The average Bonchev–Trinajstić information content (AvgIpc) is 3.06. The summed E-state index contributed by atoms with van der Waals surface area (Å²) >= 11 is 1.52. The summed E-state index contributed by atoms with van der Waals surface area (Å²) in [6.45, 7) is 10.8. The Hall–Kier alpha value is -1.47. The highest BCUT2D eigenvalue weighted by Crippen LogP contribution is 2.50. The highest BCUT2D eigenvalue weighted by atomic mass is 35.5. The molecule has 3 rings (SSSR count). The topological polar surface area (TPSA) is 77.2 Å². The molecule has 2 aromatic rings. The van der Waals surface area contributed by atoms with Crippen LogP contribution in [0.3, 0.4) is 0 Å².